The van der Waals surface area contributed by atoms with Gasteiger partial charge in [0.15, 0.2) is 0 Å². The maximum absolute atomic E-state index is 10.5. The van der Waals surface area contributed by atoms with Crippen LogP contribution >= 0.6 is 0 Å². The minimum absolute atomic E-state index is 0.0344. The zero-order valence-electron chi connectivity index (χ0n) is 9.35. The van der Waals surface area contributed by atoms with Crippen molar-refractivity contribution in [3.63, 3.8) is 0 Å². The molecule has 1 aromatic rings. The first-order chi connectivity index (χ1) is 7.65. The lowest BCUT2D eigenvalue weighted by Crippen LogP contribution is -2.08. The Balaban J connectivity index is 1.89. The fourth-order valence-electron chi connectivity index (χ4n) is 1.84. The van der Waals surface area contributed by atoms with E-state index in [9.17, 15) is 4.79 Å². The Hall–Kier alpha value is -1.39. The van der Waals surface area contributed by atoms with E-state index in [1.54, 1.807) is 0 Å². The van der Waals surface area contributed by atoms with Crippen LogP contribution in [0.1, 0.15) is 50.3 Å². The van der Waals surface area contributed by atoms with Crippen LogP contribution in [0.4, 0.5) is 0 Å². The third-order valence-corrected chi connectivity index (χ3v) is 2.98. The molecule has 1 aliphatic rings. The van der Waals surface area contributed by atoms with E-state index in [-0.39, 0.29) is 12.3 Å². The van der Waals surface area contributed by atoms with Crippen molar-refractivity contribution in [2.45, 2.75) is 44.9 Å². The van der Waals surface area contributed by atoms with E-state index < -0.39 is 5.97 Å². The number of nitrogens with zero attached hydrogens (tertiary/aromatic N) is 2. The van der Waals surface area contributed by atoms with Gasteiger partial charge in [0.2, 0.25) is 11.8 Å². The number of rotatable bonds is 5. The number of hydrogen-bond donors (Lipinski definition) is 1. The molecule has 2 rings (SSSR count). The molecule has 16 heavy (non-hydrogen) atoms. The number of aromatic nitrogens is 2. The number of aliphatic carboxylic acids is 1. The summed E-state index contributed by atoms with van der Waals surface area (Å²) in [7, 11) is 0. The van der Waals surface area contributed by atoms with Crippen LogP contribution < -0.4 is 0 Å². The fourth-order valence-corrected chi connectivity index (χ4v) is 1.84. The van der Waals surface area contributed by atoms with E-state index in [0.717, 1.165) is 18.7 Å². The second-order valence-corrected chi connectivity index (χ2v) is 4.57. The molecule has 1 atom stereocenters. The van der Waals surface area contributed by atoms with Crippen molar-refractivity contribution in [2.75, 3.05) is 0 Å². The van der Waals surface area contributed by atoms with Gasteiger partial charge < -0.3 is 9.52 Å². The highest BCUT2D eigenvalue weighted by Crippen LogP contribution is 2.35. The third-order valence-electron chi connectivity index (χ3n) is 2.98. The zero-order valence-corrected chi connectivity index (χ0v) is 9.35. The Bertz CT molecular complexity index is 371. The van der Waals surface area contributed by atoms with Gasteiger partial charge in [-0.2, -0.15) is 0 Å². The highest BCUT2D eigenvalue weighted by atomic mass is 16.4. The summed E-state index contributed by atoms with van der Waals surface area (Å²) in [5.41, 5.74) is 0. The monoisotopic (exact) mass is 224 g/mol. The van der Waals surface area contributed by atoms with Gasteiger partial charge in [-0.1, -0.05) is 13.3 Å². The lowest BCUT2D eigenvalue weighted by Gasteiger charge is -2.20. The van der Waals surface area contributed by atoms with Crippen molar-refractivity contribution in [2.24, 2.45) is 5.92 Å². The molecule has 0 amide bonds. The second kappa shape index (κ2) is 4.63. The summed E-state index contributed by atoms with van der Waals surface area (Å²) in [6.45, 7) is 1.88. The number of carboxylic acid groups (broad SMARTS) is 1. The Labute approximate surface area is 93.9 Å². The molecule has 1 aromatic heterocycles. The van der Waals surface area contributed by atoms with Crippen molar-refractivity contribution in [1.82, 2.24) is 10.2 Å². The highest BCUT2D eigenvalue weighted by Gasteiger charge is 2.25. The van der Waals surface area contributed by atoms with Gasteiger partial charge in [-0.15, -0.1) is 10.2 Å². The predicted octanol–water partition coefficient (Wildman–Crippen LogP) is 1.99. The van der Waals surface area contributed by atoms with Crippen LogP contribution in [-0.2, 0) is 11.2 Å². The third kappa shape index (κ3) is 2.59. The first-order valence-corrected chi connectivity index (χ1v) is 5.69. The summed E-state index contributed by atoms with van der Waals surface area (Å²) >= 11 is 0. The van der Waals surface area contributed by atoms with Crippen molar-refractivity contribution in [1.29, 1.82) is 0 Å². The van der Waals surface area contributed by atoms with Crippen LogP contribution in [0.25, 0.3) is 0 Å². The van der Waals surface area contributed by atoms with Gasteiger partial charge in [-0.3, -0.25) is 4.79 Å². The number of hydrogen-bond acceptors (Lipinski definition) is 4. The van der Waals surface area contributed by atoms with E-state index in [0.29, 0.717) is 18.2 Å². The van der Waals surface area contributed by atoms with Gasteiger partial charge >= 0.3 is 5.97 Å². The van der Waals surface area contributed by atoms with Crippen molar-refractivity contribution in [3.8, 4) is 0 Å². The number of carbonyl (C=O) groups is 1. The molecule has 1 unspecified atom stereocenters. The molecule has 88 valence electrons. The molecular formula is C11H16N2O3. The van der Waals surface area contributed by atoms with Gasteiger partial charge in [0.05, 0.1) is 0 Å². The van der Waals surface area contributed by atoms with Gasteiger partial charge in [0, 0.05) is 18.8 Å². The van der Waals surface area contributed by atoms with Crippen LogP contribution in [0.5, 0.6) is 0 Å². The van der Waals surface area contributed by atoms with E-state index in [4.69, 9.17) is 9.52 Å². The minimum Gasteiger partial charge on any atom is -0.481 e. The summed E-state index contributed by atoms with van der Waals surface area (Å²) in [5, 5.41) is 16.6. The van der Waals surface area contributed by atoms with Crippen LogP contribution in [0.15, 0.2) is 4.42 Å². The summed E-state index contributed by atoms with van der Waals surface area (Å²) in [4.78, 5) is 10.5. The zero-order chi connectivity index (χ0) is 11.5. The van der Waals surface area contributed by atoms with Crippen molar-refractivity contribution in [3.05, 3.63) is 11.8 Å². The second-order valence-electron chi connectivity index (χ2n) is 4.57. The maximum atomic E-state index is 10.5. The van der Waals surface area contributed by atoms with Gasteiger partial charge in [0.1, 0.15) is 0 Å². The molecule has 0 saturated heterocycles. The molecule has 5 heteroatoms. The molecule has 1 N–H and O–H groups in total. The molecule has 0 bridgehead atoms. The van der Waals surface area contributed by atoms with Crippen LogP contribution in [0.3, 0.4) is 0 Å². The fraction of sp³-hybridized carbons (Fsp3) is 0.727. The van der Waals surface area contributed by atoms with E-state index in [1.807, 2.05) is 6.92 Å². The normalized spacial score (nSPS) is 18.1. The molecule has 0 spiro atoms. The Kier molecular flexibility index (Phi) is 3.22. The molecular weight excluding hydrogens is 208 g/mol. The van der Waals surface area contributed by atoms with Crippen LogP contribution in [0, 0.1) is 5.92 Å². The molecule has 1 fully saturated rings. The average Bonchev–Trinajstić information content (AvgIpc) is 2.47. The molecule has 5 nitrogen and oxygen atoms in total. The summed E-state index contributed by atoms with van der Waals surface area (Å²) in [6.07, 6.45) is 4.18. The van der Waals surface area contributed by atoms with Crippen LogP contribution in [-0.4, -0.2) is 21.3 Å². The predicted molar refractivity (Wildman–Crippen MR) is 56.0 cm³/mol. The Morgan fingerprint density at radius 2 is 2.31 bits per heavy atom. The van der Waals surface area contributed by atoms with Crippen molar-refractivity contribution >= 4 is 5.97 Å². The first-order valence-electron chi connectivity index (χ1n) is 5.69. The highest BCUT2D eigenvalue weighted by molar-refractivity contribution is 5.66. The standard InChI is InChI=1S/C11H16N2O3/c1-7(6-10(14)15)5-9-12-13-11(16-9)8-3-2-4-8/h7-8H,2-6H2,1H3,(H,14,15). The molecule has 1 heterocycles. The van der Waals surface area contributed by atoms with Gasteiger partial charge in [0.25, 0.3) is 0 Å². The Morgan fingerprint density at radius 1 is 1.56 bits per heavy atom. The summed E-state index contributed by atoms with van der Waals surface area (Å²) in [6, 6.07) is 0. The maximum Gasteiger partial charge on any atom is 0.303 e. The minimum atomic E-state index is -0.786. The smallest absolute Gasteiger partial charge is 0.303 e. The lowest BCUT2D eigenvalue weighted by atomic mass is 9.85. The summed E-state index contributed by atoms with van der Waals surface area (Å²) < 4.78 is 5.52. The molecule has 0 radical (unpaired) electrons. The first kappa shape index (κ1) is 11.1. The van der Waals surface area contributed by atoms with Crippen LogP contribution in [0.2, 0.25) is 0 Å². The quantitative estimate of drug-likeness (QED) is 0.827. The molecule has 0 aromatic carbocycles. The van der Waals surface area contributed by atoms with E-state index in [1.165, 1.54) is 6.42 Å². The topological polar surface area (TPSA) is 76.2 Å². The summed E-state index contributed by atoms with van der Waals surface area (Å²) in [5.74, 6) is 0.980. The van der Waals surface area contributed by atoms with Crippen molar-refractivity contribution < 1.29 is 14.3 Å². The van der Waals surface area contributed by atoms with Gasteiger partial charge in [-0.05, 0) is 18.8 Å². The average molecular weight is 224 g/mol. The molecule has 0 aliphatic heterocycles. The Morgan fingerprint density at radius 3 is 2.88 bits per heavy atom. The van der Waals surface area contributed by atoms with E-state index >= 15 is 0 Å². The van der Waals surface area contributed by atoms with E-state index in [2.05, 4.69) is 10.2 Å². The largest absolute Gasteiger partial charge is 0.481 e. The SMILES string of the molecule is CC(CC(=O)O)Cc1nnc(C2CCC2)o1. The number of carboxylic acids is 1. The molecule has 1 saturated carbocycles. The van der Waals surface area contributed by atoms with Gasteiger partial charge in [-0.25, -0.2) is 0 Å². The molecule has 1 aliphatic carbocycles. The lowest BCUT2D eigenvalue weighted by molar-refractivity contribution is -0.137.